The Bertz CT molecular complexity index is 436. The van der Waals surface area contributed by atoms with Gasteiger partial charge in [-0.2, -0.15) is 0 Å². The predicted molar refractivity (Wildman–Crippen MR) is 83.2 cm³/mol. The lowest BCUT2D eigenvalue weighted by Gasteiger charge is -2.26. The number of carbonyl (C=O) groups is 1. The Balaban J connectivity index is 1.90. The van der Waals surface area contributed by atoms with E-state index >= 15 is 0 Å². The molecule has 0 spiro atoms. The first kappa shape index (κ1) is 15.4. The molecule has 1 aliphatic rings. The lowest BCUT2D eigenvalue weighted by molar-refractivity contribution is 0.0246. The minimum atomic E-state index is -0.717. The number of benzene rings is 1. The molecule has 110 valence electrons. The van der Waals surface area contributed by atoms with Crippen molar-refractivity contribution in [1.29, 1.82) is 0 Å². The average Bonchev–Trinajstić information content (AvgIpc) is 2.70. The Morgan fingerprint density at radius 2 is 1.80 bits per heavy atom. The van der Waals surface area contributed by atoms with Crippen LogP contribution in [0.1, 0.15) is 48.9 Å². The highest BCUT2D eigenvalue weighted by Crippen LogP contribution is 2.26. The number of aliphatic hydroxyl groups is 1. The number of hydrogen-bond acceptors (Lipinski definition) is 3. The maximum absolute atomic E-state index is 12.1. The number of hydrogen-bond donors (Lipinski definition) is 2. The summed E-state index contributed by atoms with van der Waals surface area (Å²) in [6.07, 6.45) is 8.07. The summed E-state index contributed by atoms with van der Waals surface area (Å²) in [7, 11) is 0. The molecule has 0 unspecified atom stereocenters. The van der Waals surface area contributed by atoms with E-state index in [4.69, 9.17) is 0 Å². The van der Waals surface area contributed by atoms with Gasteiger partial charge >= 0.3 is 0 Å². The van der Waals surface area contributed by atoms with Gasteiger partial charge in [-0.05, 0) is 43.4 Å². The quantitative estimate of drug-likeness (QED) is 0.662. The Hall–Kier alpha value is -1.00. The fourth-order valence-electron chi connectivity index (χ4n) is 2.65. The number of rotatable bonds is 4. The third-order valence-electron chi connectivity index (χ3n) is 3.96. The van der Waals surface area contributed by atoms with Crippen LogP contribution in [0, 0.1) is 0 Å². The summed E-state index contributed by atoms with van der Waals surface area (Å²) in [5, 5.41) is 13.4. The summed E-state index contributed by atoms with van der Waals surface area (Å²) in [5.41, 5.74) is -0.0641. The van der Waals surface area contributed by atoms with E-state index in [1.165, 1.54) is 12.8 Å². The third-order valence-corrected chi connectivity index (χ3v) is 4.71. The number of nitrogens with one attached hydrogen (secondary N) is 1. The van der Waals surface area contributed by atoms with Crippen molar-refractivity contribution >= 4 is 17.7 Å². The smallest absolute Gasteiger partial charge is 0.251 e. The number of amides is 1. The van der Waals surface area contributed by atoms with E-state index in [2.05, 4.69) is 5.32 Å². The summed E-state index contributed by atoms with van der Waals surface area (Å²) in [5.74, 6) is -0.102. The molecular formula is C16H23NO2S. The van der Waals surface area contributed by atoms with Crippen LogP contribution in [0.2, 0.25) is 0 Å². The van der Waals surface area contributed by atoms with E-state index < -0.39 is 5.60 Å². The predicted octanol–water partition coefficient (Wildman–Crippen LogP) is 3.22. The van der Waals surface area contributed by atoms with E-state index in [1.54, 1.807) is 11.8 Å². The average molecular weight is 293 g/mol. The SMILES string of the molecule is CSc1ccc(C(=O)NCC2(O)CCCCCC2)cc1. The maximum Gasteiger partial charge on any atom is 0.251 e. The van der Waals surface area contributed by atoms with Gasteiger partial charge in [0.25, 0.3) is 5.91 Å². The van der Waals surface area contributed by atoms with Crippen LogP contribution in [0.3, 0.4) is 0 Å². The van der Waals surface area contributed by atoms with Gasteiger partial charge in [0.1, 0.15) is 0 Å². The van der Waals surface area contributed by atoms with Gasteiger partial charge in [0, 0.05) is 17.0 Å². The molecule has 0 radical (unpaired) electrons. The lowest BCUT2D eigenvalue weighted by Crippen LogP contribution is -2.42. The number of carbonyl (C=O) groups excluding carboxylic acids is 1. The monoisotopic (exact) mass is 293 g/mol. The van der Waals surface area contributed by atoms with E-state index in [-0.39, 0.29) is 5.91 Å². The zero-order valence-electron chi connectivity index (χ0n) is 12.0. The third kappa shape index (κ3) is 4.25. The second-order valence-electron chi connectivity index (χ2n) is 5.55. The van der Waals surface area contributed by atoms with E-state index in [0.29, 0.717) is 12.1 Å². The van der Waals surface area contributed by atoms with Crippen molar-refractivity contribution in [3.05, 3.63) is 29.8 Å². The second-order valence-corrected chi connectivity index (χ2v) is 6.43. The van der Waals surface area contributed by atoms with Crippen LogP contribution in [0.25, 0.3) is 0 Å². The minimum Gasteiger partial charge on any atom is -0.388 e. The molecule has 0 aromatic heterocycles. The molecule has 20 heavy (non-hydrogen) atoms. The Labute approximate surface area is 125 Å². The lowest BCUT2D eigenvalue weighted by atomic mass is 9.94. The number of thioether (sulfide) groups is 1. The fourth-order valence-corrected chi connectivity index (χ4v) is 3.06. The Morgan fingerprint density at radius 3 is 2.35 bits per heavy atom. The van der Waals surface area contributed by atoms with Gasteiger partial charge in [0.15, 0.2) is 0 Å². The molecule has 0 bridgehead atoms. The van der Waals surface area contributed by atoms with Crippen molar-refractivity contribution < 1.29 is 9.90 Å². The van der Waals surface area contributed by atoms with Crippen LogP contribution >= 0.6 is 11.8 Å². The zero-order chi connectivity index (χ0) is 14.4. The van der Waals surface area contributed by atoms with Gasteiger partial charge in [-0.25, -0.2) is 0 Å². The molecule has 0 aliphatic heterocycles. The van der Waals surface area contributed by atoms with Crippen LogP contribution in [-0.4, -0.2) is 29.4 Å². The van der Waals surface area contributed by atoms with Crippen LogP contribution in [0.4, 0.5) is 0 Å². The van der Waals surface area contributed by atoms with Gasteiger partial charge in [-0.15, -0.1) is 11.8 Å². The molecule has 1 aromatic carbocycles. The van der Waals surface area contributed by atoms with Crippen molar-refractivity contribution in [3.63, 3.8) is 0 Å². The highest BCUT2D eigenvalue weighted by Gasteiger charge is 2.28. The van der Waals surface area contributed by atoms with Crippen LogP contribution in [0.5, 0.6) is 0 Å². The van der Waals surface area contributed by atoms with Gasteiger partial charge in [0.2, 0.25) is 0 Å². The summed E-state index contributed by atoms with van der Waals surface area (Å²) in [6, 6.07) is 7.55. The van der Waals surface area contributed by atoms with Crippen molar-refractivity contribution in [2.75, 3.05) is 12.8 Å². The topological polar surface area (TPSA) is 49.3 Å². The highest BCUT2D eigenvalue weighted by molar-refractivity contribution is 7.98. The van der Waals surface area contributed by atoms with Crippen molar-refractivity contribution in [1.82, 2.24) is 5.32 Å². The van der Waals surface area contributed by atoms with Crippen molar-refractivity contribution in [3.8, 4) is 0 Å². The molecule has 0 atom stereocenters. The van der Waals surface area contributed by atoms with Gasteiger partial charge in [0.05, 0.1) is 5.60 Å². The summed E-state index contributed by atoms with van der Waals surface area (Å²) < 4.78 is 0. The first-order valence-corrected chi connectivity index (χ1v) is 8.50. The zero-order valence-corrected chi connectivity index (χ0v) is 12.8. The highest BCUT2D eigenvalue weighted by atomic mass is 32.2. The molecule has 1 amide bonds. The van der Waals surface area contributed by atoms with Gasteiger partial charge in [-0.3, -0.25) is 4.79 Å². The molecule has 0 heterocycles. The van der Waals surface area contributed by atoms with Crippen LogP contribution in [0.15, 0.2) is 29.2 Å². The largest absolute Gasteiger partial charge is 0.388 e. The molecule has 1 saturated carbocycles. The molecule has 0 saturated heterocycles. The van der Waals surface area contributed by atoms with E-state index in [1.807, 2.05) is 30.5 Å². The first-order chi connectivity index (χ1) is 9.63. The Kier molecular flexibility index (Phi) is 5.49. The fraction of sp³-hybridized carbons (Fsp3) is 0.562. The maximum atomic E-state index is 12.1. The molecule has 2 N–H and O–H groups in total. The molecule has 4 heteroatoms. The molecular weight excluding hydrogens is 270 g/mol. The van der Waals surface area contributed by atoms with E-state index in [9.17, 15) is 9.90 Å². The normalized spacial score (nSPS) is 18.3. The molecule has 1 aliphatic carbocycles. The standard InChI is InChI=1S/C16H23NO2S/c1-20-14-8-6-13(7-9-14)15(18)17-12-16(19)10-4-2-3-5-11-16/h6-9,19H,2-5,10-12H2,1H3,(H,17,18). The molecule has 1 fully saturated rings. The summed E-state index contributed by atoms with van der Waals surface area (Å²) >= 11 is 1.66. The molecule has 2 rings (SSSR count). The van der Waals surface area contributed by atoms with Crippen molar-refractivity contribution in [2.24, 2.45) is 0 Å². The molecule has 1 aromatic rings. The first-order valence-electron chi connectivity index (χ1n) is 7.28. The Morgan fingerprint density at radius 1 is 1.20 bits per heavy atom. The molecule has 3 nitrogen and oxygen atoms in total. The summed E-state index contributed by atoms with van der Waals surface area (Å²) in [4.78, 5) is 13.2. The van der Waals surface area contributed by atoms with Crippen LogP contribution in [-0.2, 0) is 0 Å². The van der Waals surface area contributed by atoms with E-state index in [0.717, 1.165) is 30.6 Å². The minimum absolute atomic E-state index is 0.102. The van der Waals surface area contributed by atoms with Gasteiger partial charge < -0.3 is 10.4 Å². The van der Waals surface area contributed by atoms with Gasteiger partial charge in [-0.1, -0.05) is 25.7 Å². The van der Waals surface area contributed by atoms with Crippen molar-refractivity contribution in [2.45, 2.75) is 49.0 Å². The summed E-state index contributed by atoms with van der Waals surface area (Å²) in [6.45, 7) is 0.357. The van der Waals surface area contributed by atoms with Crippen LogP contribution < -0.4 is 5.32 Å². The second kappa shape index (κ2) is 7.14.